The molecule has 0 bridgehead atoms. The van der Waals surface area contributed by atoms with Crippen molar-refractivity contribution in [2.45, 2.75) is 6.54 Å². The summed E-state index contributed by atoms with van der Waals surface area (Å²) < 4.78 is 1.65. The summed E-state index contributed by atoms with van der Waals surface area (Å²) in [5.74, 6) is -0.204. The molecule has 0 radical (unpaired) electrons. The second-order valence-corrected chi connectivity index (χ2v) is 5.77. The Morgan fingerprint density at radius 2 is 2.13 bits per heavy atom. The van der Waals surface area contributed by atoms with E-state index in [1.807, 2.05) is 23.6 Å². The van der Waals surface area contributed by atoms with E-state index in [4.69, 9.17) is 0 Å². The summed E-state index contributed by atoms with van der Waals surface area (Å²) in [6.07, 6.45) is 3.36. The minimum atomic E-state index is -0.513. The first-order valence-electron chi connectivity index (χ1n) is 6.80. The summed E-state index contributed by atoms with van der Waals surface area (Å²) >= 11 is 1.59. The molecule has 7 heteroatoms. The number of rotatable bonds is 5. The van der Waals surface area contributed by atoms with E-state index in [1.54, 1.807) is 34.5 Å². The van der Waals surface area contributed by atoms with Crippen molar-refractivity contribution in [3.8, 4) is 10.6 Å². The molecular weight excluding hydrogens is 314 g/mol. The first-order chi connectivity index (χ1) is 11.1. The van der Waals surface area contributed by atoms with E-state index in [0.717, 1.165) is 10.6 Å². The standard InChI is InChI=1S/C16H12N3O3S/c20-15(12-3-1-4-13(9-12)19(21)22)10-18-7-6-14(17-11-18)16-5-2-8-23-16/h1-9,11H,10H2/q+1. The highest BCUT2D eigenvalue weighted by Crippen LogP contribution is 2.21. The van der Waals surface area contributed by atoms with Crippen molar-refractivity contribution < 1.29 is 14.3 Å². The van der Waals surface area contributed by atoms with E-state index in [0.29, 0.717) is 5.56 Å². The van der Waals surface area contributed by atoms with Crippen LogP contribution in [-0.4, -0.2) is 15.7 Å². The highest BCUT2D eigenvalue weighted by Gasteiger charge is 2.15. The molecule has 0 aliphatic heterocycles. The average molecular weight is 326 g/mol. The molecule has 0 aliphatic carbocycles. The summed E-state index contributed by atoms with van der Waals surface area (Å²) in [6.45, 7) is 0.0822. The fourth-order valence-corrected chi connectivity index (χ4v) is 2.80. The van der Waals surface area contributed by atoms with Gasteiger partial charge in [0.05, 0.1) is 16.0 Å². The third-order valence-corrected chi connectivity index (χ3v) is 4.14. The van der Waals surface area contributed by atoms with Crippen molar-refractivity contribution in [1.29, 1.82) is 0 Å². The largest absolute Gasteiger partial charge is 0.290 e. The number of benzene rings is 1. The molecule has 0 aliphatic rings. The maximum atomic E-state index is 12.2. The molecule has 3 aromatic rings. The van der Waals surface area contributed by atoms with E-state index < -0.39 is 4.92 Å². The van der Waals surface area contributed by atoms with Crippen LogP contribution in [0.1, 0.15) is 10.4 Å². The van der Waals surface area contributed by atoms with Gasteiger partial charge in [0.15, 0.2) is 12.2 Å². The molecule has 0 fully saturated rings. The van der Waals surface area contributed by atoms with Crippen LogP contribution in [0.2, 0.25) is 0 Å². The van der Waals surface area contributed by atoms with Crippen LogP contribution in [-0.2, 0) is 6.54 Å². The maximum absolute atomic E-state index is 12.2. The number of non-ortho nitro benzene ring substituents is 1. The fraction of sp³-hybridized carbons (Fsp3) is 0.0625. The number of Topliss-reactive ketones (excluding diaryl/α,β-unsaturated/α-hetero) is 1. The number of nitro groups is 1. The Morgan fingerprint density at radius 1 is 1.26 bits per heavy atom. The van der Waals surface area contributed by atoms with Gasteiger partial charge in [-0.1, -0.05) is 18.2 Å². The molecule has 2 aromatic heterocycles. The normalized spacial score (nSPS) is 10.4. The number of carbonyl (C=O) groups is 1. The number of hydrogen-bond donors (Lipinski definition) is 0. The summed E-state index contributed by atoms with van der Waals surface area (Å²) in [4.78, 5) is 27.9. The molecule has 0 N–H and O–H groups in total. The van der Waals surface area contributed by atoms with Crippen LogP contribution in [0, 0.1) is 10.1 Å². The predicted octanol–water partition coefficient (Wildman–Crippen LogP) is 2.89. The SMILES string of the molecule is O=C(C[n+]1ccc(-c2cccs2)nc1)c1cccc([N+](=O)[O-])c1. The number of hydrogen-bond acceptors (Lipinski definition) is 5. The van der Waals surface area contributed by atoms with Crippen molar-refractivity contribution in [1.82, 2.24) is 4.98 Å². The first kappa shape index (κ1) is 15.0. The zero-order valence-electron chi connectivity index (χ0n) is 12.0. The lowest BCUT2D eigenvalue weighted by atomic mass is 10.1. The van der Waals surface area contributed by atoms with Gasteiger partial charge in [-0.25, -0.2) is 4.57 Å². The van der Waals surface area contributed by atoms with Crippen LogP contribution in [0.3, 0.4) is 0 Å². The number of nitrogens with zero attached hydrogens (tertiary/aromatic N) is 3. The van der Waals surface area contributed by atoms with Crippen LogP contribution >= 0.6 is 11.3 Å². The molecule has 1 aromatic carbocycles. The third kappa shape index (κ3) is 3.46. The second kappa shape index (κ2) is 6.45. The molecular formula is C16H12N3O3S+. The molecule has 23 heavy (non-hydrogen) atoms. The monoisotopic (exact) mass is 326 g/mol. The smallest absolute Gasteiger partial charge is 0.287 e. The Labute approximate surface area is 135 Å². The zero-order valence-corrected chi connectivity index (χ0v) is 12.8. The molecule has 0 atom stereocenters. The number of carbonyl (C=O) groups excluding carboxylic acids is 1. The highest BCUT2D eigenvalue weighted by molar-refractivity contribution is 7.13. The molecule has 3 rings (SSSR count). The molecule has 0 spiro atoms. The first-order valence-corrected chi connectivity index (χ1v) is 7.68. The molecule has 6 nitrogen and oxygen atoms in total. The van der Waals surface area contributed by atoms with Crippen molar-refractivity contribution in [2.24, 2.45) is 0 Å². The number of thiophene rings is 1. The second-order valence-electron chi connectivity index (χ2n) is 4.83. The van der Waals surface area contributed by atoms with E-state index in [9.17, 15) is 14.9 Å². The van der Waals surface area contributed by atoms with Crippen LogP contribution in [0.4, 0.5) is 5.69 Å². The van der Waals surface area contributed by atoms with Crippen molar-refractivity contribution in [2.75, 3.05) is 0 Å². The van der Waals surface area contributed by atoms with E-state index in [2.05, 4.69) is 4.98 Å². The molecule has 114 valence electrons. The van der Waals surface area contributed by atoms with Crippen molar-refractivity contribution >= 4 is 22.8 Å². The minimum absolute atomic E-state index is 0.0822. The van der Waals surface area contributed by atoms with Gasteiger partial charge in [-0.05, 0) is 16.4 Å². The number of nitro benzene ring substituents is 1. The summed E-state index contributed by atoms with van der Waals surface area (Å²) in [5, 5.41) is 12.7. The van der Waals surface area contributed by atoms with Gasteiger partial charge in [0.1, 0.15) is 0 Å². The molecule has 0 unspecified atom stereocenters. The lowest BCUT2D eigenvalue weighted by molar-refractivity contribution is -0.686. The van der Waals surface area contributed by atoms with Gasteiger partial charge in [-0.15, -0.1) is 11.3 Å². The quantitative estimate of drug-likeness (QED) is 0.313. The summed E-state index contributed by atoms with van der Waals surface area (Å²) in [7, 11) is 0. The minimum Gasteiger partial charge on any atom is -0.290 e. The Morgan fingerprint density at radius 3 is 2.78 bits per heavy atom. The van der Waals surface area contributed by atoms with Crippen LogP contribution < -0.4 is 4.57 Å². The van der Waals surface area contributed by atoms with Crippen molar-refractivity contribution in [3.63, 3.8) is 0 Å². The van der Waals surface area contributed by atoms with Gasteiger partial charge in [0.2, 0.25) is 5.78 Å². The average Bonchev–Trinajstić information content (AvgIpc) is 3.10. The van der Waals surface area contributed by atoms with Gasteiger partial charge in [0.25, 0.3) is 12.0 Å². The summed E-state index contributed by atoms with van der Waals surface area (Å²) in [5.41, 5.74) is 1.07. The van der Waals surface area contributed by atoms with E-state index >= 15 is 0 Å². The van der Waals surface area contributed by atoms with E-state index in [-0.39, 0.29) is 18.0 Å². The van der Waals surface area contributed by atoms with Gasteiger partial charge in [0, 0.05) is 23.8 Å². The topological polar surface area (TPSA) is 77.0 Å². The molecule has 0 saturated heterocycles. The highest BCUT2D eigenvalue weighted by atomic mass is 32.1. The predicted molar refractivity (Wildman–Crippen MR) is 85.2 cm³/mol. The molecule has 2 heterocycles. The Kier molecular flexibility index (Phi) is 4.20. The van der Waals surface area contributed by atoms with Crippen molar-refractivity contribution in [3.05, 3.63) is 76.0 Å². The Balaban J connectivity index is 1.75. The lowest BCUT2D eigenvalue weighted by Crippen LogP contribution is -2.37. The molecule has 0 saturated carbocycles. The Hall–Kier alpha value is -2.93. The summed E-state index contributed by atoms with van der Waals surface area (Å²) in [6, 6.07) is 11.5. The van der Waals surface area contributed by atoms with E-state index in [1.165, 1.54) is 18.2 Å². The van der Waals surface area contributed by atoms with Crippen LogP contribution in [0.15, 0.2) is 60.4 Å². The van der Waals surface area contributed by atoms with Gasteiger partial charge >= 0.3 is 0 Å². The van der Waals surface area contributed by atoms with Gasteiger partial charge < -0.3 is 0 Å². The number of aromatic nitrogens is 2. The zero-order chi connectivity index (χ0) is 16.2. The van der Waals surface area contributed by atoms with Crippen LogP contribution in [0.5, 0.6) is 0 Å². The lowest BCUT2D eigenvalue weighted by Gasteiger charge is -2.00. The van der Waals surface area contributed by atoms with Gasteiger partial charge in [-0.2, -0.15) is 0 Å². The Bertz CT molecular complexity index is 845. The van der Waals surface area contributed by atoms with Gasteiger partial charge in [-0.3, -0.25) is 14.9 Å². The molecule has 0 amide bonds. The number of ketones is 1. The fourth-order valence-electron chi connectivity index (χ4n) is 2.10. The third-order valence-electron chi connectivity index (χ3n) is 3.25. The maximum Gasteiger partial charge on any atom is 0.287 e. The van der Waals surface area contributed by atoms with Crippen LogP contribution in [0.25, 0.3) is 10.6 Å².